The van der Waals surface area contributed by atoms with Crippen molar-refractivity contribution in [1.29, 1.82) is 0 Å². The van der Waals surface area contributed by atoms with Crippen molar-refractivity contribution in [1.82, 2.24) is 4.98 Å². The number of rotatable bonds is 5. The van der Waals surface area contributed by atoms with Crippen molar-refractivity contribution in [3.63, 3.8) is 0 Å². The van der Waals surface area contributed by atoms with E-state index in [9.17, 15) is 31.5 Å². The molecule has 5 nitrogen and oxygen atoms in total. The molecule has 0 aliphatic rings. The zero-order chi connectivity index (χ0) is 17.2. The second-order valence-electron chi connectivity index (χ2n) is 3.92. The molecule has 2 N–H and O–H groups in total. The van der Waals surface area contributed by atoms with Gasteiger partial charge in [0.1, 0.15) is 5.69 Å². The molecule has 0 amide bonds. The molecule has 0 unspecified atom stereocenters. The maximum absolute atomic E-state index is 12.9. The number of carboxylic acid groups (broad SMARTS) is 2. The summed E-state index contributed by atoms with van der Waals surface area (Å²) >= 11 is 0.791. The van der Waals surface area contributed by atoms with Crippen LogP contribution in [0.25, 0.3) is 0 Å². The third kappa shape index (κ3) is 3.46. The molecule has 0 fully saturated rings. The number of hydrogen-bond donors (Lipinski definition) is 2. The second-order valence-corrected chi connectivity index (χ2v) is 4.78. The molecule has 1 heterocycles. The minimum atomic E-state index is -5.32. The molecule has 0 spiro atoms. The van der Waals surface area contributed by atoms with E-state index < -0.39 is 58.4 Å². The molecule has 22 heavy (non-hydrogen) atoms. The maximum Gasteiger partial charge on any atom is 0.434 e. The Hall–Kier alpha value is -1.91. The first-order valence-corrected chi connectivity index (χ1v) is 6.79. The van der Waals surface area contributed by atoms with Crippen LogP contribution in [-0.2, 0) is 11.9 Å². The Morgan fingerprint density at radius 2 is 1.68 bits per heavy atom. The van der Waals surface area contributed by atoms with Gasteiger partial charge in [0.15, 0.2) is 5.69 Å². The first-order valence-electron chi connectivity index (χ1n) is 5.40. The lowest BCUT2D eigenvalue weighted by molar-refractivity contribution is -0.142. The number of thioether (sulfide) groups is 1. The van der Waals surface area contributed by atoms with Crippen LogP contribution in [0.15, 0.2) is 0 Å². The van der Waals surface area contributed by atoms with Gasteiger partial charge in [-0.05, 0) is 11.8 Å². The summed E-state index contributed by atoms with van der Waals surface area (Å²) in [6.45, 7) is 0. The highest BCUT2D eigenvalue weighted by Gasteiger charge is 2.42. The Bertz CT molecular complexity index is 617. The van der Waals surface area contributed by atoms with E-state index in [1.165, 1.54) is 6.26 Å². The lowest BCUT2D eigenvalue weighted by atomic mass is 9.98. The van der Waals surface area contributed by atoms with E-state index in [0.29, 0.717) is 0 Å². The number of nitrogens with zero attached hydrogens (tertiary/aromatic N) is 1. The van der Waals surface area contributed by atoms with Crippen LogP contribution in [0.2, 0.25) is 0 Å². The van der Waals surface area contributed by atoms with Gasteiger partial charge in [-0.3, -0.25) is 0 Å². The van der Waals surface area contributed by atoms with E-state index in [1.807, 2.05) is 0 Å². The molecule has 1 rings (SSSR count). The van der Waals surface area contributed by atoms with Gasteiger partial charge >= 0.3 is 18.1 Å². The van der Waals surface area contributed by atoms with Crippen LogP contribution in [0.1, 0.15) is 44.1 Å². The monoisotopic (exact) mass is 345 g/mol. The van der Waals surface area contributed by atoms with E-state index in [1.54, 1.807) is 0 Å². The fourth-order valence-corrected chi connectivity index (χ4v) is 2.35. The summed E-state index contributed by atoms with van der Waals surface area (Å²) in [5.41, 5.74) is -7.12. The van der Waals surface area contributed by atoms with Crippen LogP contribution in [0.3, 0.4) is 0 Å². The Morgan fingerprint density at radius 1 is 1.18 bits per heavy atom. The zero-order valence-electron chi connectivity index (χ0n) is 10.7. The molecule has 0 aromatic carbocycles. The summed E-state index contributed by atoms with van der Waals surface area (Å²) in [5.74, 6) is -4.57. The Labute approximate surface area is 124 Å². The van der Waals surface area contributed by atoms with Gasteiger partial charge < -0.3 is 10.2 Å². The summed E-state index contributed by atoms with van der Waals surface area (Å²) in [6.07, 6.45) is -7.56. The van der Waals surface area contributed by atoms with Gasteiger partial charge in [-0.15, -0.1) is 0 Å². The van der Waals surface area contributed by atoms with Crippen LogP contribution in [-0.4, -0.2) is 33.4 Å². The fraction of sp³-hybridized carbons (Fsp3) is 0.364. The first kappa shape index (κ1) is 18.1. The third-order valence-electron chi connectivity index (χ3n) is 2.52. The lowest BCUT2D eigenvalue weighted by Gasteiger charge is -2.18. The molecule has 0 saturated carbocycles. The average Bonchev–Trinajstić information content (AvgIpc) is 2.35. The van der Waals surface area contributed by atoms with Crippen LogP contribution >= 0.6 is 11.8 Å². The summed E-state index contributed by atoms with van der Waals surface area (Å²) < 4.78 is 64.4. The number of aromatic carboxylic acids is 2. The van der Waals surface area contributed by atoms with Crippen molar-refractivity contribution < 1.29 is 41.8 Å². The van der Waals surface area contributed by atoms with Crippen LogP contribution in [0.4, 0.5) is 22.0 Å². The fourth-order valence-electron chi connectivity index (χ4n) is 1.78. The molecular weight excluding hydrogens is 337 g/mol. The van der Waals surface area contributed by atoms with Gasteiger partial charge in [0.2, 0.25) is 0 Å². The molecule has 11 heteroatoms. The van der Waals surface area contributed by atoms with E-state index in [0.717, 1.165) is 11.8 Å². The Kier molecular flexibility index (Phi) is 5.33. The normalized spacial score (nSPS) is 11.8. The molecule has 0 atom stereocenters. The van der Waals surface area contributed by atoms with E-state index >= 15 is 0 Å². The molecule has 0 aliphatic carbocycles. The minimum absolute atomic E-state index is 0.505. The lowest BCUT2D eigenvalue weighted by Crippen LogP contribution is -2.23. The maximum atomic E-state index is 12.9. The number of carboxylic acids is 2. The van der Waals surface area contributed by atoms with Gasteiger partial charge in [-0.1, -0.05) is 0 Å². The number of hydrogen-bond acceptors (Lipinski definition) is 4. The summed E-state index contributed by atoms with van der Waals surface area (Å²) in [6, 6.07) is 0. The Balaban J connectivity index is 3.98. The SMILES string of the molecule is CSCc1c(C(=O)O)c(C(F)F)nc(C(F)(F)F)c1C(=O)O. The summed E-state index contributed by atoms with van der Waals surface area (Å²) in [7, 11) is 0. The molecule has 1 aromatic heterocycles. The van der Waals surface area contributed by atoms with Crippen molar-refractivity contribution >= 4 is 23.7 Å². The Morgan fingerprint density at radius 3 is 2.00 bits per heavy atom. The highest BCUT2D eigenvalue weighted by molar-refractivity contribution is 7.97. The number of aromatic nitrogens is 1. The minimum Gasteiger partial charge on any atom is -0.478 e. The predicted molar refractivity (Wildman–Crippen MR) is 65.3 cm³/mol. The van der Waals surface area contributed by atoms with Gasteiger partial charge in [-0.2, -0.15) is 24.9 Å². The first-order chi connectivity index (χ1) is 10.0. The smallest absolute Gasteiger partial charge is 0.434 e. The van der Waals surface area contributed by atoms with Gasteiger partial charge in [-0.25, -0.2) is 23.4 Å². The van der Waals surface area contributed by atoms with Gasteiger partial charge in [0.05, 0.1) is 11.1 Å². The van der Waals surface area contributed by atoms with E-state index in [4.69, 9.17) is 10.2 Å². The molecule has 0 bridgehead atoms. The highest BCUT2D eigenvalue weighted by atomic mass is 32.2. The predicted octanol–water partition coefficient (Wildman–Crippen LogP) is 3.30. The average molecular weight is 345 g/mol. The van der Waals surface area contributed by atoms with Crippen molar-refractivity contribution in [2.24, 2.45) is 0 Å². The second kappa shape index (κ2) is 6.46. The van der Waals surface area contributed by atoms with Crippen molar-refractivity contribution in [2.45, 2.75) is 18.4 Å². The van der Waals surface area contributed by atoms with Crippen molar-refractivity contribution in [3.05, 3.63) is 28.1 Å². The van der Waals surface area contributed by atoms with E-state index in [-0.39, 0.29) is 0 Å². The third-order valence-corrected chi connectivity index (χ3v) is 3.10. The van der Waals surface area contributed by atoms with Crippen molar-refractivity contribution in [2.75, 3.05) is 6.26 Å². The summed E-state index contributed by atoms with van der Waals surface area (Å²) in [4.78, 5) is 24.8. The highest BCUT2D eigenvalue weighted by Crippen LogP contribution is 2.37. The number of pyridine rings is 1. The van der Waals surface area contributed by atoms with Crippen LogP contribution in [0, 0.1) is 0 Å². The topological polar surface area (TPSA) is 87.5 Å². The van der Waals surface area contributed by atoms with E-state index in [2.05, 4.69) is 4.98 Å². The molecule has 0 saturated heterocycles. The number of halogens is 5. The zero-order valence-corrected chi connectivity index (χ0v) is 11.6. The standard InChI is InChI=1S/C11H8F5NO4S/c1-22-2-3-4(9(18)19)6(8(12)13)17-7(11(14,15)16)5(3)10(20)21/h8H,2H2,1H3,(H,18,19)(H,20,21). The van der Waals surface area contributed by atoms with Gasteiger partial charge in [0.25, 0.3) is 6.43 Å². The quantitative estimate of drug-likeness (QED) is 0.796. The molecule has 1 aromatic rings. The summed E-state index contributed by atoms with van der Waals surface area (Å²) in [5, 5.41) is 17.9. The van der Waals surface area contributed by atoms with Gasteiger partial charge in [0, 0.05) is 5.75 Å². The number of carbonyl (C=O) groups is 2. The van der Waals surface area contributed by atoms with Crippen LogP contribution < -0.4 is 0 Å². The largest absolute Gasteiger partial charge is 0.478 e. The molecular formula is C11H8F5NO4S. The number of alkyl halides is 5. The molecule has 0 aliphatic heterocycles. The molecule has 122 valence electrons. The van der Waals surface area contributed by atoms with Crippen LogP contribution in [0.5, 0.6) is 0 Å². The molecule has 0 radical (unpaired) electrons. The van der Waals surface area contributed by atoms with Crippen molar-refractivity contribution in [3.8, 4) is 0 Å².